The number of halogens is 1. The van der Waals surface area contributed by atoms with E-state index in [9.17, 15) is 24.4 Å². The Balaban J connectivity index is 1.68. The maximum Gasteiger partial charge on any atom is 0.311 e. The van der Waals surface area contributed by atoms with Crippen LogP contribution in [0.1, 0.15) is 15.2 Å². The van der Waals surface area contributed by atoms with E-state index in [1.807, 2.05) is 0 Å². The molecule has 3 aromatic rings. The van der Waals surface area contributed by atoms with Crippen LogP contribution in [0.4, 0.5) is 10.1 Å². The van der Waals surface area contributed by atoms with E-state index in [0.29, 0.717) is 10.4 Å². The van der Waals surface area contributed by atoms with Crippen molar-refractivity contribution in [1.82, 2.24) is 5.43 Å². The number of aromatic hydroxyl groups is 1. The van der Waals surface area contributed by atoms with Gasteiger partial charge < -0.3 is 5.11 Å². The Bertz CT molecular complexity index is 1030. The summed E-state index contributed by atoms with van der Waals surface area (Å²) in [6, 6.07) is 13.1. The fourth-order valence-corrected chi connectivity index (χ4v) is 3.12. The lowest BCUT2D eigenvalue weighted by Gasteiger charge is -1.99. The number of amides is 1. The largest absolute Gasteiger partial charge is 0.502 e. The predicted octanol–water partition coefficient (Wildman–Crippen LogP) is 3.93. The van der Waals surface area contributed by atoms with Gasteiger partial charge in [-0.05, 0) is 42.0 Å². The Morgan fingerprint density at radius 3 is 2.63 bits per heavy atom. The van der Waals surface area contributed by atoms with E-state index in [1.165, 1.54) is 41.8 Å². The van der Waals surface area contributed by atoms with Gasteiger partial charge in [0.25, 0.3) is 5.91 Å². The third-order valence-electron chi connectivity index (χ3n) is 3.53. The highest BCUT2D eigenvalue weighted by molar-refractivity contribution is 7.17. The molecule has 0 atom stereocenters. The highest BCUT2D eigenvalue weighted by Crippen LogP contribution is 2.28. The number of carbonyl (C=O) groups is 1. The summed E-state index contributed by atoms with van der Waals surface area (Å²) in [7, 11) is 0. The van der Waals surface area contributed by atoms with Gasteiger partial charge in [-0.3, -0.25) is 14.9 Å². The minimum absolute atomic E-state index is 0.336. The van der Waals surface area contributed by atoms with Crippen molar-refractivity contribution in [1.29, 1.82) is 0 Å². The first-order valence-electron chi connectivity index (χ1n) is 7.60. The van der Waals surface area contributed by atoms with Crippen molar-refractivity contribution in [2.45, 2.75) is 0 Å². The molecule has 27 heavy (non-hydrogen) atoms. The van der Waals surface area contributed by atoms with Gasteiger partial charge in [-0.25, -0.2) is 9.82 Å². The molecule has 9 heteroatoms. The van der Waals surface area contributed by atoms with Gasteiger partial charge in [0.15, 0.2) is 5.75 Å². The summed E-state index contributed by atoms with van der Waals surface area (Å²) in [6.07, 6.45) is 1.23. The van der Waals surface area contributed by atoms with Crippen LogP contribution >= 0.6 is 11.3 Å². The number of nitrogens with zero attached hydrogens (tertiary/aromatic N) is 2. The number of nitrogens with one attached hydrogen (secondary N) is 1. The van der Waals surface area contributed by atoms with Crippen LogP contribution < -0.4 is 5.43 Å². The SMILES string of the molecule is O=C(N/N=C\c1ccc(O)c([N+](=O)[O-])c1)c1ccc(-c2ccc(F)cc2)s1. The number of hydrogen-bond acceptors (Lipinski definition) is 6. The molecule has 3 rings (SSSR count). The molecule has 0 saturated heterocycles. The highest BCUT2D eigenvalue weighted by atomic mass is 32.1. The molecule has 0 bridgehead atoms. The number of rotatable bonds is 5. The van der Waals surface area contributed by atoms with E-state index in [4.69, 9.17) is 0 Å². The van der Waals surface area contributed by atoms with Crippen molar-refractivity contribution in [3.8, 4) is 16.2 Å². The van der Waals surface area contributed by atoms with E-state index in [-0.39, 0.29) is 5.82 Å². The first kappa shape index (κ1) is 18.2. The summed E-state index contributed by atoms with van der Waals surface area (Å²) in [6.45, 7) is 0. The van der Waals surface area contributed by atoms with Gasteiger partial charge in [0.2, 0.25) is 0 Å². The number of nitro groups is 1. The standard InChI is InChI=1S/C18H12FN3O4S/c19-13-4-2-12(3-5-13)16-7-8-17(27-16)18(24)21-20-10-11-1-6-15(23)14(9-11)22(25)26/h1-10,23H,(H,21,24)/b20-10-. The molecule has 2 N–H and O–H groups in total. The first-order valence-corrected chi connectivity index (χ1v) is 8.42. The Hall–Kier alpha value is -3.59. The molecule has 0 unspecified atom stereocenters. The van der Waals surface area contributed by atoms with Crippen LogP contribution in [0.5, 0.6) is 5.75 Å². The van der Waals surface area contributed by atoms with E-state index >= 15 is 0 Å². The van der Waals surface area contributed by atoms with Gasteiger partial charge in [0.1, 0.15) is 5.82 Å². The zero-order chi connectivity index (χ0) is 19.4. The van der Waals surface area contributed by atoms with Crippen LogP contribution in [0.15, 0.2) is 59.7 Å². The first-order chi connectivity index (χ1) is 12.9. The molecule has 2 aromatic carbocycles. The van der Waals surface area contributed by atoms with Gasteiger partial charge in [-0.15, -0.1) is 11.3 Å². The van der Waals surface area contributed by atoms with Crippen molar-refractivity contribution in [3.05, 3.63) is 81.0 Å². The summed E-state index contributed by atoms with van der Waals surface area (Å²) in [5.41, 5.74) is 3.02. The molecule has 136 valence electrons. The zero-order valence-electron chi connectivity index (χ0n) is 13.6. The molecule has 0 aliphatic heterocycles. The number of benzene rings is 2. The molecule has 1 heterocycles. The summed E-state index contributed by atoms with van der Waals surface area (Å²) >= 11 is 1.22. The second-order valence-electron chi connectivity index (χ2n) is 5.38. The Morgan fingerprint density at radius 2 is 1.93 bits per heavy atom. The van der Waals surface area contributed by atoms with Crippen LogP contribution in [-0.2, 0) is 0 Å². The topological polar surface area (TPSA) is 105 Å². The van der Waals surface area contributed by atoms with Crippen molar-refractivity contribution < 1.29 is 19.2 Å². The maximum atomic E-state index is 13.0. The normalized spacial score (nSPS) is 10.9. The molecular weight excluding hydrogens is 373 g/mol. The number of nitro benzene ring substituents is 1. The number of hydrazone groups is 1. The lowest BCUT2D eigenvalue weighted by Crippen LogP contribution is -2.16. The van der Waals surface area contributed by atoms with E-state index < -0.39 is 22.3 Å². The summed E-state index contributed by atoms with van der Waals surface area (Å²) in [5, 5.41) is 24.0. The molecule has 1 aromatic heterocycles. The summed E-state index contributed by atoms with van der Waals surface area (Å²) in [4.78, 5) is 23.4. The fraction of sp³-hybridized carbons (Fsp3) is 0. The minimum Gasteiger partial charge on any atom is -0.502 e. The van der Waals surface area contributed by atoms with Gasteiger partial charge in [0.05, 0.1) is 16.0 Å². The van der Waals surface area contributed by atoms with E-state index in [1.54, 1.807) is 24.3 Å². The third kappa shape index (κ3) is 4.33. The lowest BCUT2D eigenvalue weighted by molar-refractivity contribution is -0.385. The molecule has 7 nitrogen and oxygen atoms in total. The third-order valence-corrected chi connectivity index (χ3v) is 4.67. The number of hydrogen-bond donors (Lipinski definition) is 2. The molecule has 0 spiro atoms. The van der Waals surface area contributed by atoms with Gasteiger partial charge in [-0.1, -0.05) is 12.1 Å². The fourth-order valence-electron chi connectivity index (χ4n) is 2.22. The number of phenols is 1. The molecule has 0 fully saturated rings. The number of thiophene rings is 1. The molecule has 0 aliphatic carbocycles. The zero-order valence-corrected chi connectivity index (χ0v) is 14.4. The monoisotopic (exact) mass is 385 g/mol. The number of carbonyl (C=O) groups excluding carboxylic acids is 1. The van der Waals surface area contributed by atoms with Crippen LogP contribution in [0.25, 0.3) is 10.4 Å². The molecular formula is C18H12FN3O4S. The quantitative estimate of drug-likeness (QED) is 0.394. The molecule has 0 aliphatic rings. The van der Waals surface area contributed by atoms with Crippen LogP contribution in [-0.4, -0.2) is 22.2 Å². The predicted molar refractivity (Wildman–Crippen MR) is 99.5 cm³/mol. The Labute approximate surface area is 156 Å². The molecule has 1 amide bonds. The van der Waals surface area contributed by atoms with Crippen LogP contribution in [0.3, 0.4) is 0 Å². The minimum atomic E-state index is -0.714. The van der Waals surface area contributed by atoms with Crippen LogP contribution in [0.2, 0.25) is 0 Å². The highest BCUT2D eigenvalue weighted by Gasteiger charge is 2.13. The van der Waals surface area contributed by atoms with Gasteiger partial charge >= 0.3 is 5.69 Å². The molecule has 0 radical (unpaired) electrons. The summed E-state index contributed by atoms with van der Waals surface area (Å²) < 4.78 is 13.0. The Morgan fingerprint density at radius 1 is 1.19 bits per heavy atom. The smallest absolute Gasteiger partial charge is 0.311 e. The van der Waals surface area contributed by atoms with Crippen molar-refractivity contribution >= 4 is 29.1 Å². The Kier molecular flexibility index (Phi) is 5.23. The van der Waals surface area contributed by atoms with E-state index in [2.05, 4.69) is 10.5 Å². The van der Waals surface area contributed by atoms with Crippen LogP contribution in [0, 0.1) is 15.9 Å². The second-order valence-corrected chi connectivity index (χ2v) is 6.46. The van der Waals surface area contributed by atoms with Crippen molar-refractivity contribution in [3.63, 3.8) is 0 Å². The van der Waals surface area contributed by atoms with E-state index in [0.717, 1.165) is 16.5 Å². The average molecular weight is 385 g/mol. The van der Waals surface area contributed by atoms with Crippen molar-refractivity contribution in [2.75, 3.05) is 0 Å². The molecule has 0 saturated carbocycles. The number of phenolic OH excluding ortho intramolecular Hbond substituents is 1. The maximum absolute atomic E-state index is 13.0. The van der Waals surface area contributed by atoms with Crippen molar-refractivity contribution in [2.24, 2.45) is 5.10 Å². The average Bonchev–Trinajstić information content (AvgIpc) is 3.13. The van der Waals surface area contributed by atoms with Gasteiger partial charge in [-0.2, -0.15) is 5.10 Å². The second kappa shape index (κ2) is 7.75. The summed E-state index contributed by atoms with van der Waals surface area (Å²) in [5.74, 6) is -1.23. The van der Waals surface area contributed by atoms with Gasteiger partial charge in [0, 0.05) is 16.5 Å². The lowest BCUT2D eigenvalue weighted by atomic mass is 10.2.